The van der Waals surface area contributed by atoms with Crippen LogP contribution in [0.5, 0.6) is 0 Å². The van der Waals surface area contributed by atoms with E-state index < -0.39 is 52.9 Å². The molecule has 1 aliphatic heterocycles. The monoisotopic (exact) mass is 506 g/mol. The molecule has 0 radical (unpaired) electrons. The maximum Gasteiger partial charge on any atom is 0.339 e. The SMILES string of the molecule is CC[C@]1(C(=O)O)O[C@@H]1C(=O)N[C@@H](Cc1cscn1)C(=O)NCc1cn(-c2c(F)cccc2F)nn1. The van der Waals surface area contributed by atoms with Crippen LogP contribution in [0.3, 0.4) is 0 Å². The number of ether oxygens (including phenoxy) is 1. The van der Waals surface area contributed by atoms with Crippen LogP contribution in [0.15, 0.2) is 35.3 Å². The minimum absolute atomic E-state index is 0.0487. The molecule has 0 unspecified atom stereocenters. The van der Waals surface area contributed by atoms with Crippen molar-refractivity contribution in [2.75, 3.05) is 0 Å². The highest BCUT2D eigenvalue weighted by Gasteiger charge is 2.65. The molecule has 3 atom stereocenters. The third-order valence-corrected chi connectivity index (χ3v) is 6.14. The fourth-order valence-electron chi connectivity index (χ4n) is 3.53. The van der Waals surface area contributed by atoms with Crippen LogP contribution in [0, 0.1) is 11.6 Å². The number of halogens is 2. The zero-order chi connectivity index (χ0) is 25.2. The number of thiazole rings is 1. The molecular weight excluding hydrogens is 486 g/mol. The highest BCUT2D eigenvalue weighted by atomic mass is 32.1. The molecule has 0 saturated carbocycles. The minimum atomic E-state index is -1.60. The number of epoxide rings is 1. The molecule has 184 valence electrons. The van der Waals surface area contributed by atoms with Gasteiger partial charge in [-0.15, -0.1) is 16.4 Å². The average Bonchev–Trinajstić information content (AvgIpc) is 3.11. The number of rotatable bonds is 10. The summed E-state index contributed by atoms with van der Waals surface area (Å²) in [6, 6.07) is 2.29. The zero-order valence-electron chi connectivity index (χ0n) is 18.3. The van der Waals surface area contributed by atoms with E-state index in [1.165, 1.54) is 23.6 Å². The van der Waals surface area contributed by atoms with E-state index in [9.17, 15) is 28.3 Å². The van der Waals surface area contributed by atoms with Gasteiger partial charge in [-0.1, -0.05) is 18.2 Å². The molecule has 3 N–H and O–H groups in total. The molecule has 1 saturated heterocycles. The highest BCUT2D eigenvalue weighted by Crippen LogP contribution is 2.40. The number of nitrogens with one attached hydrogen (secondary N) is 2. The summed E-state index contributed by atoms with van der Waals surface area (Å²) in [6.07, 6.45) is 0.177. The second-order valence-electron chi connectivity index (χ2n) is 7.73. The van der Waals surface area contributed by atoms with Crippen LogP contribution in [0.25, 0.3) is 5.69 Å². The molecule has 2 amide bonds. The van der Waals surface area contributed by atoms with Gasteiger partial charge in [0.25, 0.3) is 5.91 Å². The third kappa shape index (κ3) is 5.02. The number of aliphatic carboxylic acids is 1. The summed E-state index contributed by atoms with van der Waals surface area (Å²) in [5, 5.41) is 23.7. The Bertz CT molecular complexity index is 1230. The molecule has 3 heterocycles. The molecule has 3 aromatic rings. The Labute approximate surface area is 201 Å². The molecule has 0 aliphatic carbocycles. The van der Waals surface area contributed by atoms with Gasteiger partial charge in [-0.05, 0) is 18.6 Å². The Hall–Kier alpha value is -3.78. The molecule has 4 rings (SSSR count). The predicted octanol–water partition coefficient (Wildman–Crippen LogP) is 0.978. The molecule has 1 aliphatic rings. The Morgan fingerprint density at radius 2 is 2.03 bits per heavy atom. The van der Waals surface area contributed by atoms with Crippen molar-refractivity contribution in [3.05, 3.63) is 58.3 Å². The Kier molecular flexibility index (Phi) is 6.84. The van der Waals surface area contributed by atoms with Crippen molar-refractivity contribution in [3.8, 4) is 5.69 Å². The number of carboxylic acids is 1. The molecule has 1 fully saturated rings. The minimum Gasteiger partial charge on any atom is -0.479 e. The fraction of sp³-hybridized carbons (Fsp3) is 0.333. The lowest BCUT2D eigenvalue weighted by molar-refractivity contribution is -0.143. The van der Waals surface area contributed by atoms with E-state index in [2.05, 4.69) is 25.9 Å². The number of nitrogens with zero attached hydrogens (tertiary/aromatic N) is 4. The summed E-state index contributed by atoms with van der Waals surface area (Å²) in [4.78, 5) is 41.1. The number of amides is 2. The van der Waals surface area contributed by atoms with Gasteiger partial charge in [-0.25, -0.2) is 23.2 Å². The topological polar surface area (TPSA) is 152 Å². The first-order valence-electron chi connectivity index (χ1n) is 10.5. The lowest BCUT2D eigenvalue weighted by Crippen LogP contribution is -2.50. The number of carbonyl (C=O) groups is 3. The van der Waals surface area contributed by atoms with Crippen molar-refractivity contribution in [2.45, 2.75) is 44.1 Å². The van der Waals surface area contributed by atoms with Crippen molar-refractivity contribution in [3.63, 3.8) is 0 Å². The Morgan fingerprint density at radius 1 is 1.29 bits per heavy atom. The van der Waals surface area contributed by atoms with Crippen molar-refractivity contribution in [1.29, 1.82) is 0 Å². The first-order valence-corrected chi connectivity index (χ1v) is 11.4. The molecular formula is C21H20F2N6O5S. The molecule has 0 bridgehead atoms. The normalized spacial score (nSPS) is 19.7. The van der Waals surface area contributed by atoms with Crippen molar-refractivity contribution in [1.82, 2.24) is 30.6 Å². The number of carbonyl (C=O) groups excluding carboxylic acids is 2. The van der Waals surface area contributed by atoms with Gasteiger partial charge < -0.3 is 20.5 Å². The quantitative estimate of drug-likeness (QED) is 0.344. The third-order valence-electron chi connectivity index (χ3n) is 5.50. The van der Waals surface area contributed by atoms with E-state index in [0.717, 1.165) is 16.8 Å². The van der Waals surface area contributed by atoms with Gasteiger partial charge in [0.05, 0.1) is 23.9 Å². The fourth-order valence-corrected chi connectivity index (χ4v) is 4.10. The van der Waals surface area contributed by atoms with Crippen LogP contribution in [-0.2, 0) is 32.1 Å². The lowest BCUT2D eigenvalue weighted by Gasteiger charge is -2.17. The van der Waals surface area contributed by atoms with Crippen molar-refractivity contribution < 1.29 is 33.0 Å². The van der Waals surface area contributed by atoms with Gasteiger partial charge in [0.15, 0.2) is 17.7 Å². The molecule has 14 heteroatoms. The lowest BCUT2D eigenvalue weighted by atomic mass is 10.0. The highest BCUT2D eigenvalue weighted by molar-refractivity contribution is 7.07. The smallest absolute Gasteiger partial charge is 0.339 e. The summed E-state index contributed by atoms with van der Waals surface area (Å²) in [5.41, 5.74) is 0.317. The van der Waals surface area contributed by atoms with Gasteiger partial charge in [-0.3, -0.25) is 9.59 Å². The van der Waals surface area contributed by atoms with Crippen LogP contribution < -0.4 is 10.6 Å². The summed E-state index contributed by atoms with van der Waals surface area (Å²) >= 11 is 1.31. The Balaban J connectivity index is 1.43. The molecule has 2 aromatic heterocycles. The van der Waals surface area contributed by atoms with E-state index in [4.69, 9.17) is 4.74 Å². The van der Waals surface area contributed by atoms with Gasteiger partial charge in [0, 0.05) is 11.8 Å². The maximum atomic E-state index is 14.0. The van der Waals surface area contributed by atoms with Crippen molar-refractivity contribution >= 4 is 29.1 Å². The molecule has 0 spiro atoms. The van der Waals surface area contributed by atoms with E-state index in [-0.39, 0.29) is 25.1 Å². The molecule has 11 nitrogen and oxygen atoms in total. The summed E-state index contributed by atoms with van der Waals surface area (Å²) in [7, 11) is 0. The number of para-hydroxylation sites is 1. The molecule has 35 heavy (non-hydrogen) atoms. The zero-order valence-corrected chi connectivity index (χ0v) is 19.1. The number of hydrogen-bond acceptors (Lipinski definition) is 8. The Morgan fingerprint density at radius 3 is 2.63 bits per heavy atom. The number of carboxylic acid groups (broad SMARTS) is 1. The summed E-state index contributed by atoms with van der Waals surface area (Å²) < 4.78 is 34.0. The first-order chi connectivity index (χ1) is 16.7. The number of benzene rings is 1. The second-order valence-corrected chi connectivity index (χ2v) is 8.45. The van der Waals surface area contributed by atoms with E-state index in [1.54, 1.807) is 17.8 Å². The number of hydrogen-bond donors (Lipinski definition) is 3. The average molecular weight is 506 g/mol. The summed E-state index contributed by atoms with van der Waals surface area (Å²) in [5.74, 6) is -4.25. The van der Waals surface area contributed by atoms with Crippen molar-refractivity contribution in [2.24, 2.45) is 0 Å². The maximum absolute atomic E-state index is 14.0. The van der Waals surface area contributed by atoms with E-state index >= 15 is 0 Å². The van der Waals surface area contributed by atoms with Crippen LogP contribution in [0.1, 0.15) is 24.7 Å². The first kappa shape index (κ1) is 24.3. The van der Waals surface area contributed by atoms with Crippen LogP contribution in [0.4, 0.5) is 8.78 Å². The van der Waals surface area contributed by atoms with Gasteiger partial charge in [-0.2, -0.15) is 0 Å². The second kappa shape index (κ2) is 9.84. The summed E-state index contributed by atoms with van der Waals surface area (Å²) in [6.45, 7) is 1.44. The van der Waals surface area contributed by atoms with E-state index in [0.29, 0.717) is 5.69 Å². The van der Waals surface area contributed by atoms with Crippen LogP contribution >= 0.6 is 11.3 Å². The van der Waals surface area contributed by atoms with Crippen LogP contribution in [0.2, 0.25) is 0 Å². The van der Waals surface area contributed by atoms with Crippen LogP contribution in [-0.4, -0.2) is 60.6 Å². The van der Waals surface area contributed by atoms with Gasteiger partial charge in [0.2, 0.25) is 11.5 Å². The number of aromatic nitrogens is 4. The van der Waals surface area contributed by atoms with E-state index in [1.807, 2.05) is 0 Å². The molecule has 1 aromatic carbocycles. The predicted molar refractivity (Wildman–Crippen MR) is 116 cm³/mol. The largest absolute Gasteiger partial charge is 0.479 e. The standard InChI is InChI=1S/C21H20F2N6O5S/c1-2-21(20(32)33)17(34-21)19(31)26-15(6-11-9-35-10-25-11)18(30)24-7-12-8-29(28-27-12)16-13(22)4-3-5-14(16)23/h3-5,8-10,15,17H,2,6-7H2,1H3,(H,24,30)(H,26,31)(H,32,33)/t15-,17+,21-/m0/s1. The van der Waals surface area contributed by atoms with Gasteiger partial charge in [0.1, 0.15) is 17.4 Å². The van der Waals surface area contributed by atoms with Gasteiger partial charge >= 0.3 is 5.97 Å².